The number of hydrogen-bond donors (Lipinski definition) is 0. The van der Waals surface area contributed by atoms with Gasteiger partial charge in [0.15, 0.2) is 0 Å². The molecular weight excluding hydrogens is 240 g/mol. The molecule has 0 radical (unpaired) electrons. The van der Waals surface area contributed by atoms with Crippen LogP contribution in [0.3, 0.4) is 0 Å². The van der Waals surface area contributed by atoms with E-state index in [1.165, 1.54) is 18.4 Å². The van der Waals surface area contributed by atoms with E-state index in [9.17, 15) is 0 Å². The van der Waals surface area contributed by atoms with Crippen LogP contribution in [0.15, 0.2) is 22.9 Å². The molecule has 0 unspecified atom stereocenters. The SMILES string of the molecule is Cc1nc2cc(C3CC3)ccn2c1Br. The standard InChI is InChI=1S/C11H11BrN2/c1-7-11(12)14-5-4-9(8-2-3-8)6-10(14)13-7/h4-6,8H,2-3H2,1H3. The molecule has 0 amide bonds. The van der Waals surface area contributed by atoms with Crippen LogP contribution in [-0.2, 0) is 0 Å². The van der Waals surface area contributed by atoms with Crippen LogP contribution in [-0.4, -0.2) is 9.38 Å². The first kappa shape index (κ1) is 8.48. The van der Waals surface area contributed by atoms with Crippen molar-refractivity contribution < 1.29 is 0 Å². The number of nitrogens with zero attached hydrogens (tertiary/aromatic N) is 2. The molecule has 0 atom stereocenters. The lowest BCUT2D eigenvalue weighted by Crippen LogP contribution is -1.87. The third-order valence-corrected chi connectivity index (χ3v) is 3.76. The van der Waals surface area contributed by atoms with E-state index in [0.29, 0.717) is 0 Å². The maximum Gasteiger partial charge on any atom is 0.138 e. The predicted octanol–water partition coefficient (Wildman–Crippen LogP) is 3.28. The molecule has 0 aromatic carbocycles. The van der Waals surface area contributed by atoms with E-state index < -0.39 is 0 Å². The quantitative estimate of drug-likeness (QED) is 0.760. The van der Waals surface area contributed by atoms with Gasteiger partial charge in [0.2, 0.25) is 0 Å². The molecule has 0 N–H and O–H groups in total. The van der Waals surface area contributed by atoms with Gasteiger partial charge in [-0.2, -0.15) is 0 Å². The molecule has 2 aromatic rings. The molecule has 3 rings (SSSR count). The van der Waals surface area contributed by atoms with E-state index in [1.54, 1.807) is 0 Å². The van der Waals surface area contributed by atoms with Crippen molar-refractivity contribution >= 4 is 21.6 Å². The van der Waals surface area contributed by atoms with Gasteiger partial charge in [0.05, 0.1) is 5.69 Å². The monoisotopic (exact) mass is 250 g/mol. The summed E-state index contributed by atoms with van der Waals surface area (Å²) < 4.78 is 3.15. The number of aromatic nitrogens is 2. The molecule has 1 fully saturated rings. The Balaban J connectivity index is 2.23. The lowest BCUT2D eigenvalue weighted by Gasteiger charge is -1.99. The molecule has 2 heterocycles. The molecule has 2 nitrogen and oxygen atoms in total. The van der Waals surface area contributed by atoms with E-state index in [1.807, 2.05) is 6.92 Å². The first-order chi connectivity index (χ1) is 6.75. The van der Waals surface area contributed by atoms with Crippen molar-refractivity contribution in [2.24, 2.45) is 0 Å². The molecule has 0 bridgehead atoms. The molecule has 1 saturated carbocycles. The van der Waals surface area contributed by atoms with Crippen LogP contribution in [0.2, 0.25) is 0 Å². The zero-order chi connectivity index (χ0) is 9.71. The van der Waals surface area contributed by atoms with Crippen molar-refractivity contribution in [1.82, 2.24) is 9.38 Å². The minimum atomic E-state index is 0.802. The number of fused-ring (bicyclic) bond motifs is 1. The van der Waals surface area contributed by atoms with Gasteiger partial charge in [0.1, 0.15) is 10.3 Å². The molecular formula is C11H11BrN2. The van der Waals surface area contributed by atoms with Crippen LogP contribution in [0, 0.1) is 6.92 Å². The highest BCUT2D eigenvalue weighted by molar-refractivity contribution is 9.10. The van der Waals surface area contributed by atoms with Gasteiger partial charge in [-0.25, -0.2) is 4.98 Å². The molecule has 2 aromatic heterocycles. The summed E-state index contributed by atoms with van der Waals surface area (Å²) >= 11 is 3.53. The topological polar surface area (TPSA) is 17.3 Å². The lowest BCUT2D eigenvalue weighted by atomic mass is 10.2. The smallest absolute Gasteiger partial charge is 0.138 e. The van der Waals surface area contributed by atoms with Crippen LogP contribution in [0.25, 0.3) is 5.65 Å². The second-order valence-electron chi connectivity index (χ2n) is 3.95. The van der Waals surface area contributed by atoms with E-state index in [0.717, 1.165) is 21.9 Å². The van der Waals surface area contributed by atoms with Gasteiger partial charge < -0.3 is 0 Å². The van der Waals surface area contributed by atoms with Gasteiger partial charge in [-0.3, -0.25) is 4.40 Å². The summed E-state index contributed by atoms with van der Waals surface area (Å²) in [6, 6.07) is 4.41. The normalized spacial score (nSPS) is 16.4. The number of rotatable bonds is 1. The third-order valence-electron chi connectivity index (χ3n) is 2.80. The Labute approximate surface area is 91.1 Å². The van der Waals surface area contributed by atoms with Crippen molar-refractivity contribution in [3.8, 4) is 0 Å². The Bertz CT molecular complexity index is 497. The third kappa shape index (κ3) is 1.19. The van der Waals surface area contributed by atoms with E-state index in [2.05, 4.69) is 43.6 Å². The van der Waals surface area contributed by atoms with E-state index >= 15 is 0 Å². The van der Waals surface area contributed by atoms with Crippen molar-refractivity contribution in [3.05, 3.63) is 34.2 Å². The molecule has 0 spiro atoms. The van der Waals surface area contributed by atoms with Crippen LogP contribution >= 0.6 is 15.9 Å². The fraction of sp³-hybridized carbons (Fsp3) is 0.364. The molecule has 72 valence electrons. The van der Waals surface area contributed by atoms with E-state index in [-0.39, 0.29) is 0 Å². The number of halogens is 1. The molecule has 1 aliphatic rings. The summed E-state index contributed by atoms with van der Waals surface area (Å²) in [7, 11) is 0. The molecule has 0 aliphatic heterocycles. The first-order valence-corrected chi connectivity index (χ1v) is 5.69. The summed E-state index contributed by atoms with van der Waals surface area (Å²) in [6.07, 6.45) is 4.79. The minimum absolute atomic E-state index is 0.802. The molecule has 3 heteroatoms. The van der Waals surface area contributed by atoms with Gasteiger partial charge in [0, 0.05) is 6.20 Å². The highest BCUT2D eigenvalue weighted by Gasteiger charge is 2.23. The highest BCUT2D eigenvalue weighted by Crippen LogP contribution is 2.40. The van der Waals surface area contributed by atoms with Gasteiger partial charge in [-0.15, -0.1) is 0 Å². The summed E-state index contributed by atoms with van der Waals surface area (Å²) in [5, 5.41) is 0. The minimum Gasteiger partial charge on any atom is -0.294 e. The number of pyridine rings is 1. The summed E-state index contributed by atoms with van der Waals surface area (Å²) in [6.45, 7) is 2.02. The second-order valence-corrected chi connectivity index (χ2v) is 4.70. The van der Waals surface area contributed by atoms with Crippen molar-refractivity contribution in [1.29, 1.82) is 0 Å². The summed E-state index contributed by atoms with van der Waals surface area (Å²) in [5.41, 5.74) is 3.55. The van der Waals surface area contributed by atoms with Crippen molar-refractivity contribution in [3.63, 3.8) is 0 Å². The van der Waals surface area contributed by atoms with Crippen LogP contribution < -0.4 is 0 Å². The second kappa shape index (κ2) is 2.83. The average Bonchev–Trinajstić information content (AvgIpc) is 2.96. The van der Waals surface area contributed by atoms with Crippen LogP contribution in [0.4, 0.5) is 0 Å². The number of hydrogen-bond acceptors (Lipinski definition) is 1. The largest absolute Gasteiger partial charge is 0.294 e. The fourth-order valence-electron chi connectivity index (χ4n) is 1.82. The zero-order valence-corrected chi connectivity index (χ0v) is 9.58. The maximum absolute atomic E-state index is 4.50. The predicted molar refractivity (Wildman–Crippen MR) is 59.6 cm³/mol. The van der Waals surface area contributed by atoms with Gasteiger partial charge >= 0.3 is 0 Å². The maximum atomic E-state index is 4.50. The van der Waals surface area contributed by atoms with Crippen LogP contribution in [0.5, 0.6) is 0 Å². The van der Waals surface area contributed by atoms with Crippen molar-refractivity contribution in [2.75, 3.05) is 0 Å². The first-order valence-electron chi connectivity index (χ1n) is 4.90. The summed E-state index contributed by atoms with van der Waals surface area (Å²) in [5.74, 6) is 0.802. The Kier molecular flexibility index (Phi) is 1.71. The molecule has 14 heavy (non-hydrogen) atoms. The Hall–Kier alpha value is -0.830. The Morgan fingerprint density at radius 2 is 2.29 bits per heavy atom. The molecule has 1 aliphatic carbocycles. The Morgan fingerprint density at radius 3 is 3.00 bits per heavy atom. The van der Waals surface area contributed by atoms with Crippen LogP contribution in [0.1, 0.15) is 30.0 Å². The van der Waals surface area contributed by atoms with Gasteiger partial charge in [0.25, 0.3) is 0 Å². The fourth-order valence-corrected chi connectivity index (χ4v) is 2.21. The van der Waals surface area contributed by atoms with E-state index in [4.69, 9.17) is 0 Å². The summed E-state index contributed by atoms with van der Waals surface area (Å²) in [4.78, 5) is 4.50. The number of imidazole rings is 1. The number of aryl methyl sites for hydroxylation is 1. The average molecular weight is 251 g/mol. The highest BCUT2D eigenvalue weighted by atomic mass is 79.9. The lowest BCUT2D eigenvalue weighted by molar-refractivity contribution is 1.08. The van der Waals surface area contributed by atoms with Gasteiger partial charge in [-0.05, 0) is 59.3 Å². The zero-order valence-electron chi connectivity index (χ0n) is 8.00. The Morgan fingerprint density at radius 1 is 1.50 bits per heavy atom. The van der Waals surface area contributed by atoms with Crippen molar-refractivity contribution in [2.45, 2.75) is 25.7 Å². The van der Waals surface area contributed by atoms with Gasteiger partial charge in [-0.1, -0.05) is 0 Å². The molecule has 0 saturated heterocycles.